The van der Waals surface area contributed by atoms with Gasteiger partial charge in [-0.05, 0) is 24.6 Å². The lowest BCUT2D eigenvalue weighted by atomic mass is 10.2. The van der Waals surface area contributed by atoms with E-state index in [1.54, 1.807) is 31.2 Å². The largest absolute Gasteiger partial charge is 0.463 e. The van der Waals surface area contributed by atoms with E-state index >= 15 is 0 Å². The van der Waals surface area contributed by atoms with E-state index in [4.69, 9.17) is 10.00 Å². The van der Waals surface area contributed by atoms with E-state index in [1.165, 1.54) is 0 Å². The van der Waals surface area contributed by atoms with Crippen LogP contribution < -0.4 is 9.46 Å². The molecule has 2 rings (SSSR count). The lowest BCUT2D eigenvalue weighted by molar-refractivity contribution is 0.314. The van der Waals surface area contributed by atoms with Crippen LogP contribution in [0.1, 0.15) is 18.1 Å². The highest BCUT2D eigenvalue weighted by atomic mass is 32.2. The molecule has 1 aromatic heterocycles. The van der Waals surface area contributed by atoms with Crippen molar-refractivity contribution in [2.24, 2.45) is 0 Å². The fourth-order valence-electron chi connectivity index (χ4n) is 1.56. The first kappa shape index (κ1) is 14.8. The minimum atomic E-state index is -3.63. The number of nitriles is 1. The minimum absolute atomic E-state index is 0.00732. The maximum absolute atomic E-state index is 12.0. The highest BCUT2D eigenvalue weighted by molar-refractivity contribution is 7.91. The summed E-state index contributed by atoms with van der Waals surface area (Å²) in [6.07, 6.45) is 0. The predicted octanol–water partition coefficient (Wildman–Crippen LogP) is 1.02. The highest BCUT2D eigenvalue weighted by Gasteiger charge is 2.14. The van der Waals surface area contributed by atoms with Gasteiger partial charge in [-0.25, -0.2) is 13.5 Å². The van der Waals surface area contributed by atoms with E-state index in [1.807, 2.05) is 6.07 Å². The van der Waals surface area contributed by atoms with Gasteiger partial charge in [0.2, 0.25) is 16.0 Å². The summed E-state index contributed by atoms with van der Waals surface area (Å²) < 4.78 is 31.3. The number of hydrogen-bond acceptors (Lipinski definition) is 6. The van der Waals surface area contributed by atoms with Crippen LogP contribution in [-0.4, -0.2) is 30.2 Å². The number of nitrogens with one attached hydrogen (secondary N) is 2. The molecule has 0 bridgehead atoms. The normalized spacial score (nSPS) is 10.9. The summed E-state index contributed by atoms with van der Waals surface area (Å²) in [5, 5.41) is 14.8. The van der Waals surface area contributed by atoms with Gasteiger partial charge in [0.1, 0.15) is 0 Å². The summed E-state index contributed by atoms with van der Waals surface area (Å²) in [7, 11) is -3.63. The van der Waals surface area contributed by atoms with Gasteiger partial charge in [-0.1, -0.05) is 12.1 Å². The molecule has 9 heteroatoms. The molecular formula is C12H13N5O3S. The molecule has 0 aliphatic heterocycles. The van der Waals surface area contributed by atoms with Gasteiger partial charge >= 0.3 is 6.01 Å². The van der Waals surface area contributed by atoms with Gasteiger partial charge in [-0.15, -0.1) is 5.10 Å². The van der Waals surface area contributed by atoms with Gasteiger partial charge in [0.05, 0.1) is 24.0 Å². The lowest BCUT2D eigenvalue weighted by Gasteiger charge is -2.04. The average molecular weight is 307 g/mol. The molecule has 0 radical (unpaired) electrons. The van der Waals surface area contributed by atoms with Gasteiger partial charge < -0.3 is 4.74 Å². The van der Waals surface area contributed by atoms with Crippen molar-refractivity contribution in [2.45, 2.75) is 12.7 Å². The Hall–Kier alpha value is -2.60. The van der Waals surface area contributed by atoms with Crippen molar-refractivity contribution in [1.82, 2.24) is 15.2 Å². The second-order valence-corrected chi connectivity index (χ2v) is 5.79. The lowest BCUT2D eigenvalue weighted by Crippen LogP contribution is -2.16. The summed E-state index contributed by atoms with van der Waals surface area (Å²) >= 11 is 0. The number of H-pyrrole nitrogens is 1. The Bertz CT molecular complexity index is 746. The summed E-state index contributed by atoms with van der Waals surface area (Å²) in [5.41, 5.74) is 1.03. The van der Waals surface area contributed by atoms with Crippen molar-refractivity contribution in [3.63, 3.8) is 0 Å². The number of ether oxygens (including phenoxy) is 1. The fourth-order valence-corrected chi connectivity index (χ4v) is 2.65. The highest BCUT2D eigenvalue weighted by Crippen LogP contribution is 2.12. The second kappa shape index (κ2) is 6.23. The van der Waals surface area contributed by atoms with Crippen LogP contribution in [0.25, 0.3) is 0 Å². The number of benzene rings is 1. The van der Waals surface area contributed by atoms with Crippen LogP contribution in [0, 0.1) is 11.3 Å². The Morgan fingerprint density at radius 3 is 2.71 bits per heavy atom. The molecule has 1 aromatic carbocycles. The van der Waals surface area contributed by atoms with E-state index in [9.17, 15) is 8.42 Å². The summed E-state index contributed by atoms with van der Waals surface area (Å²) in [6.45, 7) is 2.15. The Balaban J connectivity index is 2.05. The Morgan fingerprint density at radius 1 is 1.38 bits per heavy atom. The molecule has 0 amide bonds. The van der Waals surface area contributed by atoms with Gasteiger partial charge in [0, 0.05) is 0 Å². The maximum Gasteiger partial charge on any atom is 0.337 e. The molecule has 2 aromatic rings. The van der Waals surface area contributed by atoms with Crippen molar-refractivity contribution in [3.8, 4) is 12.1 Å². The van der Waals surface area contributed by atoms with E-state index < -0.39 is 10.0 Å². The minimum Gasteiger partial charge on any atom is -0.463 e. The molecule has 0 unspecified atom stereocenters. The molecule has 0 saturated carbocycles. The number of hydrogen-bond donors (Lipinski definition) is 2. The third-order valence-corrected chi connectivity index (χ3v) is 3.65. The molecule has 0 saturated heterocycles. The molecule has 0 spiro atoms. The Labute approximate surface area is 121 Å². The Morgan fingerprint density at radius 2 is 2.10 bits per heavy atom. The van der Waals surface area contributed by atoms with E-state index in [0.29, 0.717) is 17.7 Å². The third kappa shape index (κ3) is 4.19. The Kier molecular flexibility index (Phi) is 4.39. The number of anilines is 1. The van der Waals surface area contributed by atoms with Crippen LogP contribution in [0.5, 0.6) is 6.01 Å². The van der Waals surface area contributed by atoms with E-state index in [-0.39, 0.29) is 17.7 Å². The number of aromatic amines is 1. The standard InChI is InChI=1S/C12H13N5O3S/c1-2-20-12-14-11(15-16-12)17-21(18,19)8-10-5-3-9(7-13)4-6-10/h3-6H,2,8H2,1H3,(H2,14,15,16,17). The van der Waals surface area contributed by atoms with Crippen LogP contribution >= 0.6 is 0 Å². The van der Waals surface area contributed by atoms with Crippen molar-refractivity contribution in [3.05, 3.63) is 35.4 Å². The summed E-state index contributed by atoms with van der Waals surface area (Å²) in [5.74, 6) is -0.240. The molecule has 0 aliphatic rings. The van der Waals surface area contributed by atoms with Gasteiger partial charge in [-0.2, -0.15) is 10.2 Å². The smallest absolute Gasteiger partial charge is 0.337 e. The van der Waals surface area contributed by atoms with Crippen molar-refractivity contribution < 1.29 is 13.2 Å². The van der Waals surface area contributed by atoms with E-state index in [2.05, 4.69) is 19.9 Å². The quantitative estimate of drug-likeness (QED) is 0.821. The molecular weight excluding hydrogens is 294 g/mol. The number of rotatable bonds is 6. The SMILES string of the molecule is CCOc1n[nH]c(NS(=O)(=O)Cc2ccc(C#N)cc2)n1. The number of nitrogens with zero attached hydrogens (tertiary/aromatic N) is 3. The van der Waals surface area contributed by atoms with Gasteiger partial charge in [0.25, 0.3) is 0 Å². The predicted molar refractivity (Wildman–Crippen MR) is 75.0 cm³/mol. The van der Waals surface area contributed by atoms with Gasteiger partial charge in [-0.3, -0.25) is 4.72 Å². The van der Waals surface area contributed by atoms with E-state index in [0.717, 1.165) is 0 Å². The molecule has 8 nitrogen and oxygen atoms in total. The first-order valence-corrected chi connectivity index (χ1v) is 7.72. The van der Waals surface area contributed by atoms with Gasteiger partial charge in [0.15, 0.2) is 0 Å². The zero-order valence-corrected chi connectivity index (χ0v) is 12.0. The monoisotopic (exact) mass is 307 g/mol. The molecule has 2 N–H and O–H groups in total. The second-order valence-electron chi connectivity index (χ2n) is 4.07. The zero-order valence-electron chi connectivity index (χ0n) is 11.2. The molecule has 1 heterocycles. The molecule has 0 fully saturated rings. The number of sulfonamides is 1. The molecule has 21 heavy (non-hydrogen) atoms. The van der Waals surface area contributed by atoms with Crippen LogP contribution in [0.2, 0.25) is 0 Å². The van der Waals surface area contributed by atoms with Crippen LogP contribution in [0.4, 0.5) is 5.95 Å². The van der Waals surface area contributed by atoms with Crippen LogP contribution in [0.3, 0.4) is 0 Å². The fraction of sp³-hybridized carbons (Fsp3) is 0.250. The first-order chi connectivity index (χ1) is 10.0. The van der Waals surface area contributed by atoms with Crippen molar-refractivity contribution in [1.29, 1.82) is 5.26 Å². The molecule has 0 atom stereocenters. The summed E-state index contributed by atoms with van der Waals surface area (Å²) in [4.78, 5) is 3.83. The first-order valence-electron chi connectivity index (χ1n) is 6.07. The van der Waals surface area contributed by atoms with Crippen LogP contribution in [0.15, 0.2) is 24.3 Å². The topological polar surface area (TPSA) is 121 Å². The maximum atomic E-state index is 12.0. The zero-order chi connectivity index (χ0) is 15.3. The molecule has 0 aliphatic carbocycles. The summed E-state index contributed by atoms with van der Waals surface area (Å²) in [6, 6.07) is 8.34. The molecule has 110 valence electrons. The number of aromatic nitrogens is 3. The van der Waals surface area contributed by atoms with Crippen molar-refractivity contribution in [2.75, 3.05) is 11.3 Å². The average Bonchev–Trinajstić information content (AvgIpc) is 2.86. The third-order valence-electron chi connectivity index (χ3n) is 2.43. The van der Waals surface area contributed by atoms with Crippen LogP contribution in [-0.2, 0) is 15.8 Å². The van der Waals surface area contributed by atoms with Crippen molar-refractivity contribution >= 4 is 16.0 Å².